The number of pyridine rings is 1. The third-order valence-corrected chi connectivity index (χ3v) is 13.9. The first-order valence-corrected chi connectivity index (χ1v) is 19.9. The minimum atomic E-state index is -4.00. The number of aromatic nitrogens is 1. The fourth-order valence-corrected chi connectivity index (χ4v) is 9.34. The van der Waals surface area contributed by atoms with E-state index in [-0.39, 0.29) is 31.2 Å². The first-order valence-electron chi connectivity index (χ1n) is 18.4. The van der Waals surface area contributed by atoms with Gasteiger partial charge >= 0.3 is 6.09 Å². The van der Waals surface area contributed by atoms with Crippen LogP contribution in [0, 0.1) is 17.8 Å². The summed E-state index contributed by atoms with van der Waals surface area (Å²) in [6.07, 6.45) is 6.29. The number of nitrogens with one attached hydrogen (secondary N) is 3. The number of carboxylic acid groups (broad SMARTS) is 1. The van der Waals surface area contributed by atoms with Gasteiger partial charge in [0.25, 0.3) is 5.91 Å². The molecule has 2 aliphatic carbocycles. The standard InChI is InChI=1S/C37H48N6O9S/c1-21-7-5-6-8-23-19-37(23,34(46)41-53(49,50)36(3)12-13-36)40-31(44)28-18-24(20-43(28)33(45)29(22(2)17-21)39-35(47)48)52-32-26-9-10-27-30(25(26)11-14-38-32)51-16-15-42(27)4/h6,8-11,14,21-24,28-29,39H,5,7,12-13,15-20H2,1-4H3,(H,40,44)(H,41,46)(H,47,48)/b8-6-/t21-,22+,23+,24+,28-,29-,37+/m0/s1. The van der Waals surface area contributed by atoms with Crippen LogP contribution in [0.2, 0.25) is 0 Å². The molecule has 4 N–H and O–H groups in total. The summed E-state index contributed by atoms with van der Waals surface area (Å²) >= 11 is 0. The van der Waals surface area contributed by atoms with E-state index >= 15 is 0 Å². The van der Waals surface area contributed by atoms with Crippen molar-refractivity contribution in [1.82, 2.24) is 25.2 Å². The van der Waals surface area contributed by atoms with Crippen molar-refractivity contribution in [2.24, 2.45) is 17.8 Å². The van der Waals surface area contributed by atoms with Crippen molar-refractivity contribution in [2.45, 2.75) is 94.2 Å². The highest BCUT2D eigenvalue weighted by atomic mass is 32.2. The average Bonchev–Trinajstić information content (AvgIpc) is 3.98. The number of fused-ring (bicyclic) bond motifs is 5. The van der Waals surface area contributed by atoms with E-state index in [1.807, 2.05) is 51.2 Å². The summed E-state index contributed by atoms with van der Waals surface area (Å²) in [6, 6.07) is 3.35. The first kappa shape index (κ1) is 36.7. The van der Waals surface area contributed by atoms with Crippen LogP contribution in [-0.4, -0.2) is 102 Å². The molecule has 0 spiro atoms. The third-order valence-electron chi connectivity index (χ3n) is 11.7. The largest absolute Gasteiger partial charge is 0.489 e. The Morgan fingerprint density at radius 1 is 1.13 bits per heavy atom. The van der Waals surface area contributed by atoms with Crippen LogP contribution in [0.1, 0.15) is 65.7 Å². The van der Waals surface area contributed by atoms with Gasteiger partial charge in [0.15, 0.2) is 5.75 Å². The smallest absolute Gasteiger partial charge is 0.405 e. The van der Waals surface area contributed by atoms with Crippen molar-refractivity contribution >= 4 is 50.3 Å². The molecule has 1 aromatic carbocycles. The van der Waals surface area contributed by atoms with E-state index in [1.165, 1.54) is 4.90 Å². The van der Waals surface area contributed by atoms with Gasteiger partial charge in [0.1, 0.15) is 30.3 Å². The molecule has 7 rings (SSSR count). The molecule has 1 aromatic heterocycles. The Hall–Kier alpha value is -4.60. The van der Waals surface area contributed by atoms with Gasteiger partial charge in [0.05, 0.1) is 23.5 Å². The molecule has 3 fully saturated rings. The molecule has 2 aromatic rings. The van der Waals surface area contributed by atoms with Crippen LogP contribution in [0.4, 0.5) is 10.5 Å². The van der Waals surface area contributed by atoms with E-state index in [9.17, 15) is 32.7 Å². The normalized spacial score (nSPS) is 31.7. The Bertz CT molecular complexity index is 1970. The van der Waals surface area contributed by atoms with Crippen LogP contribution in [0.5, 0.6) is 11.6 Å². The molecule has 15 nitrogen and oxygen atoms in total. The van der Waals surface area contributed by atoms with Crippen molar-refractivity contribution in [3.8, 4) is 11.6 Å². The molecule has 1 saturated heterocycles. The van der Waals surface area contributed by atoms with Gasteiger partial charge in [-0.1, -0.05) is 26.0 Å². The Kier molecular flexibility index (Phi) is 9.48. The van der Waals surface area contributed by atoms with E-state index in [0.29, 0.717) is 43.4 Å². The summed E-state index contributed by atoms with van der Waals surface area (Å²) in [4.78, 5) is 62.6. The minimum Gasteiger partial charge on any atom is -0.489 e. The number of rotatable bonds is 6. The molecular weight excluding hydrogens is 705 g/mol. The molecule has 5 aliphatic rings. The van der Waals surface area contributed by atoms with E-state index in [4.69, 9.17) is 9.47 Å². The number of anilines is 1. The van der Waals surface area contributed by atoms with E-state index in [0.717, 1.165) is 24.0 Å². The molecule has 53 heavy (non-hydrogen) atoms. The molecule has 0 unspecified atom stereocenters. The van der Waals surface area contributed by atoms with Gasteiger partial charge in [0.2, 0.25) is 27.7 Å². The Balaban J connectivity index is 1.22. The summed E-state index contributed by atoms with van der Waals surface area (Å²) in [5.41, 5.74) is -0.610. The molecular formula is C37H48N6O9S. The van der Waals surface area contributed by atoms with E-state index in [1.54, 1.807) is 13.1 Å². The second-order valence-corrected chi connectivity index (χ2v) is 18.0. The minimum absolute atomic E-state index is 0.0129. The summed E-state index contributed by atoms with van der Waals surface area (Å²) in [7, 11) is -2.01. The van der Waals surface area contributed by atoms with Crippen LogP contribution < -0.4 is 29.7 Å². The van der Waals surface area contributed by atoms with Gasteiger partial charge < -0.3 is 35.0 Å². The van der Waals surface area contributed by atoms with Gasteiger partial charge in [-0.3, -0.25) is 19.1 Å². The number of nitrogens with zero attached hydrogens (tertiary/aromatic N) is 3. The predicted molar refractivity (Wildman–Crippen MR) is 195 cm³/mol. The second kappa shape index (κ2) is 13.7. The number of sulfonamides is 1. The number of likely N-dealkylation sites (N-methyl/N-ethyl adjacent to an activating group) is 1. The molecule has 4 amide bonds. The zero-order valence-electron chi connectivity index (χ0n) is 30.5. The Morgan fingerprint density at radius 2 is 1.91 bits per heavy atom. The topological polar surface area (TPSA) is 197 Å². The molecule has 286 valence electrons. The quantitative estimate of drug-likeness (QED) is 0.317. The van der Waals surface area contributed by atoms with Gasteiger partial charge in [-0.2, -0.15) is 0 Å². The maximum absolute atomic E-state index is 14.4. The first-order chi connectivity index (χ1) is 25.1. The van der Waals surface area contributed by atoms with Crippen molar-refractivity contribution in [3.63, 3.8) is 0 Å². The highest BCUT2D eigenvalue weighted by molar-refractivity contribution is 7.91. The van der Waals surface area contributed by atoms with Crippen LogP contribution >= 0.6 is 0 Å². The molecule has 7 atom stereocenters. The summed E-state index contributed by atoms with van der Waals surface area (Å²) < 4.78 is 40.0. The number of ether oxygens (including phenoxy) is 2. The number of carbonyl (C=O) groups is 4. The number of carbonyl (C=O) groups excluding carboxylic acids is 3. The van der Waals surface area contributed by atoms with Gasteiger partial charge in [-0.05, 0) is 75.5 Å². The molecule has 2 saturated carbocycles. The SMILES string of the molecule is C[C@H]1CC/C=C\[C@@H]2C[C@@]2(C(=O)NS(=O)(=O)C2(C)CC2)NC(=O)[C@@H]2C[C@@H](Oc3nccc4c5c(ccc34)N(C)CCO5)CN2C(=O)[C@@H](NC(=O)O)[C@H](C)C1. The van der Waals surface area contributed by atoms with Crippen LogP contribution in [0.15, 0.2) is 36.5 Å². The molecule has 3 aliphatic heterocycles. The molecule has 0 bridgehead atoms. The van der Waals surface area contributed by atoms with Gasteiger partial charge in [-0.25, -0.2) is 18.2 Å². The molecule has 4 heterocycles. The zero-order chi connectivity index (χ0) is 37.9. The number of hydrogen-bond acceptors (Lipinski definition) is 10. The number of benzene rings is 1. The summed E-state index contributed by atoms with van der Waals surface area (Å²) in [5.74, 6) is -1.81. The van der Waals surface area contributed by atoms with Crippen molar-refractivity contribution in [1.29, 1.82) is 0 Å². The third kappa shape index (κ3) is 6.97. The maximum Gasteiger partial charge on any atom is 0.405 e. The number of amides is 4. The fraction of sp³-hybridized carbons (Fsp3) is 0.595. The number of hydrogen-bond donors (Lipinski definition) is 4. The number of allylic oxidation sites excluding steroid dienone is 1. The van der Waals surface area contributed by atoms with Crippen LogP contribution in [0.25, 0.3) is 10.8 Å². The average molecular weight is 753 g/mol. The van der Waals surface area contributed by atoms with Gasteiger partial charge in [-0.15, -0.1) is 0 Å². The fourth-order valence-electron chi connectivity index (χ4n) is 8.03. The van der Waals surface area contributed by atoms with Gasteiger partial charge in [0, 0.05) is 36.4 Å². The second-order valence-electron chi connectivity index (χ2n) is 15.8. The molecule has 16 heteroatoms. The van der Waals surface area contributed by atoms with Crippen molar-refractivity contribution in [3.05, 3.63) is 36.5 Å². The van der Waals surface area contributed by atoms with Crippen LogP contribution in [0.3, 0.4) is 0 Å². The summed E-state index contributed by atoms with van der Waals surface area (Å²) in [6.45, 7) is 6.63. The van der Waals surface area contributed by atoms with Crippen molar-refractivity contribution < 1.29 is 42.2 Å². The lowest BCUT2D eigenvalue weighted by Gasteiger charge is -2.32. The van der Waals surface area contributed by atoms with Crippen LogP contribution in [-0.2, 0) is 24.4 Å². The lowest BCUT2D eigenvalue weighted by molar-refractivity contribution is -0.142. The lowest BCUT2D eigenvalue weighted by Crippen LogP contribution is -2.59. The zero-order valence-corrected chi connectivity index (χ0v) is 31.3. The Labute approximate surface area is 308 Å². The Morgan fingerprint density at radius 3 is 2.64 bits per heavy atom. The van der Waals surface area contributed by atoms with E-state index < -0.39 is 74.1 Å². The maximum atomic E-state index is 14.4. The van der Waals surface area contributed by atoms with E-state index in [2.05, 4.69) is 25.2 Å². The van der Waals surface area contributed by atoms with Crippen molar-refractivity contribution in [2.75, 3.05) is 31.6 Å². The molecule has 0 radical (unpaired) electrons. The lowest BCUT2D eigenvalue weighted by atomic mass is 9.88. The predicted octanol–water partition coefficient (Wildman–Crippen LogP) is 2.93. The highest BCUT2D eigenvalue weighted by Crippen LogP contribution is 2.48. The highest BCUT2D eigenvalue weighted by Gasteiger charge is 2.63. The summed E-state index contributed by atoms with van der Waals surface area (Å²) in [5, 5.41) is 16.5. The monoisotopic (exact) mass is 752 g/mol.